The molecule has 152 valence electrons. The van der Waals surface area contributed by atoms with Crippen molar-refractivity contribution in [2.24, 2.45) is 5.10 Å². The minimum Gasteiger partial charge on any atom is -0.478 e. The summed E-state index contributed by atoms with van der Waals surface area (Å²) in [6.07, 6.45) is 1.41. The Bertz CT molecular complexity index is 1180. The fourth-order valence-electron chi connectivity index (χ4n) is 2.86. The molecule has 0 radical (unpaired) electrons. The van der Waals surface area contributed by atoms with Gasteiger partial charge >= 0.3 is 11.9 Å². The van der Waals surface area contributed by atoms with Crippen molar-refractivity contribution in [2.75, 3.05) is 0 Å². The molecule has 4 rings (SSSR count). The van der Waals surface area contributed by atoms with Crippen molar-refractivity contribution in [1.29, 1.82) is 0 Å². The van der Waals surface area contributed by atoms with Crippen molar-refractivity contribution in [3.05, 3.63) is 102 Å². The molecule has 0 spiro atoms. The molecule has 1 aromatic heterocycles. The lowest BCUT2D eigenvalue weighted by molar-refractivity contribution is 0.0696. The van der Waals surface area contributed by atoms with Gasteiger partial charge in [-0.15, -0.1) is 5.10 Å². The molecule has 2 N–H and O–H groups in total. The molecule has 0 unspecified atom stereocenters. The number of aromatic carboxylic acids is 1. The maximum atomic E-state index is 12.6. The molecule has 8 heteroatoms. The largest absolute Gasteiger partial charge is 0.478 e. The van der Waals surface area contributed by atoms with E-state index in [2.05, 4.69) is 20.6 Å². The third kappa shape index (κ3) is 4.54. The first-order chi connectivity index (χ1) is 15.1. The van der Waals surface area contributed by atoms with E-state index in [1.165, 1.54) is 18.3 Å². The second-order valence-electron chi connectivity index (χ2n) is 6.50. The van der Waals surface area contributed by atoms with Crippen molar-refractivity contribution < 1.29 is 14.7 Å². The Balaban J connectivity index is 1.57. The highest BCUT2D eigenvalue weighted by molar-refractivity contribution is 5.92. The fraction of sp³-hybridized carbons (Fsp3) is 0. The molecule has 0 saturated heterocycles. The van der Waals surface area contributed by atoms with E-state index in [1.54, 1.807) is 16.8 Å². The Morgan fingerprint density at radius 2 is 1.55 bits per heavy atom. The van der Waals surface area contributed by atoms with Crippen molar-refractivity contribution in [1.82, 2.24) is 20.2 Å². The van der Waals surface area contributed by atoms with Crippen LogP contribution in [0.1, 0.15) is 26.5 Å². The van der Waals surface area contributed by atoms with Crippen LogP contribution in [0.2, 0.25) is 0 Å². The van der Waals surface area contributed by atoms with E-state index in [1.807, 2.05) is 60.7 Å². The number of amides is 1. The van der Waals surface area contributed by atoms with Crippen molar-refractivity contribution in [2.45, 2.75) is 0 Å². The summed E-state index contributed by atoms with van der Waals surface area (Å²) in [4.78, 5) is 27.9. The van der Waals surface area contributed by atoms with Gasteiger partial charge in [0.1, 0.15) is 0 Å². The van der Waals surface area contributed by atoms with Crippen molar-refractivity contribution in [3.8, 4) is 17.1 Å². The molecule has 0 atom stereocenters. The topological polar surface area (TPSA) is 109 Å². The van der Waals surface area contributed by atoms with Gasteiger partial charge in [-0.25, -0.2) is 19.9 Å². The first-order valence-corrected chi connectivity index (χ1v) is 9.36. The van der Waals surface area contributed by atoms with E-state index in [-0.39, 0.29) is 11.4 Å². The highest BCUT2D eigenvalue weighted by Crippen LogP contribution is 2.20. The Labute approximate surface area is 177 Å². The van der Waals surface area contributed by atoms with E-state index < -0.39 is 11.9 Å². The number of nitrogens with zero attached hydrogens (tertiary/aromatic N) is 4. The van der Waals surface area contributed by atoms with Crippen LogP contribution in [0.4, 0.5) is 0 Å². The summed E-state index contributed by atoms with van der Waals surface area (Å²) >= 11 is 0. The molecule has 4 aromatic rings. The van der Waals surface area contributed by atoms with Crippen LogP contribution in [0.25, 0.3) is 17.1 Å². The Morgan fingerprint density at radius 3 is 2.19 bits per heavy atom. The number of hydrogen-bond donors (Lipinski definition) is 2. The molecule has 0 saturated carbocycles. The molecule has 1 heterocycles. The summed E-state index contributed by atoms with van der Waals surface area (Å²) in [5, 5.41) is 17.2. The van der Waals surface area contributed by atoms with Crippen LogP contribution in [0, 0.1) is 0 Å². The standard InChI is InChI=1S/C23H17N5O3/c29-22(26-24-15-16-11-13-18(14-12-16)23(30)31)20-25-21(17-7-3-1-4-8-17)28(27-20)19-9-5-2-6-10-19/h1-15H,(H,26,29)(H,30,31)/b24-15-. The number of nitrogens with one attached hydrogen (secondary N) is 1. The summed E-state index contributed by atoms with van der Waals surface area (Å²) in [7, 11) is 0. The summed E-state index contributed by atoms with van der Waals surface area (Å²) < 4.78 is 1.61. The highest BCUT2D eigenvalue weighted by Gasteiger charge is 2.18. The minimum absolute atomic E-state index is 0.0268. The van der Waals surface area contributed by atoms with Gasteiger partial charge in [0.25, 0.3) is 0 Å². The monoisotopic (exact) mass is 411 g/mol. The van der Waals surface area contributed by atoms with Crippen LogP contribution in [-0.2, 0) is 0 Å². The SMILES string of the molecule is O=C(O)c1ccc(/C=N\NC(=O)c2nc(-c3ccccc3)n(-c3ccccc3)n2)cc1. The minimum atomic E-state index is -1.01. The van der Waals surface area contributed by atoms with Crippen molar-refractivity contribution >= 4 is 18.1 Å². The second-order valence-corrected chi connectivity index (χ2v) is 6.50. The number of carboxylic acid groups (broad SMARTS) is 1. The number of benzene rings is 3. The molecule has 0 aliphatic rings. The molecule has 8 nitrogen and oxygen atoms in total. The third-order valence-electron chi connectivity index (χ3n) is 4.38. The van der Waals surface area contributed by atoms with Crippen molar-refractivity contribution in [3.63, 3.8) is 0 Å². The number of aromatic nitrogens is 3. The van der Waals surface area contributed by atoms with Crippen LogP contribution in [0.15, 0.2) is 90.0 Å². The third-order valence-corrected chi connectivity index (χ3v) is 4.38. The first kappa shape index (κ1) is 19.7. The molecule has 0 aliphatic heterocycles. The van der Waals surface area contributed by atoms with E-state index in [9.17, 15) is 9.59 Å². The number of hydrogen-bond acceptors (Lipinski definition) is 5. The lowest BCUT2D eigenvalue weighted by Gasteiger charge is -2.05. The smallest absolute Gasteiger partial charge is 0.335 e. The van der Waals surface area contributed by atoms with Crippen LogP contribution in [-0.4, -0.2) is 38.0 Å². The van der Waals surface area contributed by atoms with E-state index in [0.29, 0.717) is 11.4 Å². The first-order valence-electron chi connectivity index (χ1n) is 9.36. The predicted molar refractivity (Wildman–Crippen MR) is 115 cm³/mol. The van der Waals surface area contributed by atoms with Gasteiger partial charge in [-0.2, -0.15) is 5.10 Å². The van der Waals surface area contributed by atoms with Gasteiger partial charge in [0, 0.05) is 5.56 Å². The zero-order valence-corrected chi connectivity index (χ0v) is 16.2. The zero-order chi connectivity index (χ0) is 21.6. The fourth-order valence-corrected chi connectivity index (χ4v) is 2.86. The van der Waals surface area contributed by atoms with Gasteiger partial charge in [0.05, 0.1) is 17.5 Å². The van der Waals surface area contributed by atoms with Gasteiger partial charge in [0.2, 0.25) is 5.82 Å². The number of para-hydroxylation sites is 1. The molecule has 31 heavy (non-hydrogen) atoms. The van der Waals surface area contributed by atoms with E-state index in [0.717, 1.165) is 11.3 Å². The molecular weight excluding hydrogens is 394 g/mol. The number of carbonyl (C=O) groups is 2. The lowest BCUT2D eigenvalue weighted by Crippen LogP contribution is -2.19. The average Bonchev–Trinajstić information content (AvgIpc) is 3.26. The zero-order valence-electron chi connectivity index (χ0n) is 16.2. The maximum absolute atomic E-state index is 12.6. The van der Waals surface area contributed by atoms with Crippen LogP contribution in [0.3, 0.4) is 0 Å². The molecule has 1 amide bonds. The number of carbonyl (C=O) groups excluding carboxylic acids is 1. The normalized spacial score (nSPS) is 10.8. The summed E-state index contributed by atoms with van der Waals surface area (Å²) in [6.45, 7) is 0. The van der Waals surface area contributed by atoms with Gasteiger partial charge in [0.15, 0.2) is 5.82 Å². The summed E-state index contributed by atoms with van der Waals surface area (Å²) in [5.41, 5.74) is 4.81. The average molecular weight is 411 g/mol. The molecular formula is C23H17N5O3. The quantitative estimate of drug-likeness (QED) is 0.373. The highest BCUT2D eigenvalue weighted by atomic mass is 16.4. The van der Waals surface area contributed by atoms with Crippen LogP contribution >= 0.6 is 0 Å². The maximum Gasteiger partial charge on any atom is 0.335 e. The number of carboxylic acids is 1. The van der Waals surface area contributed by atoms with Gasteiger partial charge in [-0.05, 0) is 29.8 Å². The molecule has 0 fully saturated rings. The lowest BCUT2D eigenvalue weighted by atomic mass is 10.1. The molecule has 0 bridgehead atoms. The predicted octanol–water partition coefficient (Wildman–Crippen LogP) is 3.40. The Kier molecular flexibility index (Phi) is 5.62. The summed E-state index contributed by atoms with van der Waals surface area (Å²) in [6, 6.07) is 25.0. The molecule has 3 aromatic carbocycles. The Hall–Kier alpha value is -4.59. The summed E-state index contributed by atoms with van der Waals surface area (Å²) in [5.74, 6) is -1.07. The van der Waals surface area contributed by atoms with Gasteiger partial charge < -0.3 is 5.11 Å². The van der Waals surface area contributed by atoms with Gasteiger partial charge in [-0.1, -0.05) is 60.7 Å². The Morgan fingerprint density at radius 1 is 0.903 bits per heavy atom. The number of rotatable bonds is 6. The molecule has 0 aliphatic carbocycles. The number of hydrazone groups is 1. The van der Waals surface area contributed by atoms with Crippen LogP contribution < -0.4 is 5.43 Å². The van der Waals surface area contributed by atoms with Crippen LogP contribution in [0.5, 0.6) is 0 Å². The van der Waals surface area contributed by atoms with E-state index >= 15 is 0 Å². The second kappa shape index (κ2) is 8.83. The van der Waals surface area contributed by atoms with E-state index in [4.69, 9.17) is 5.11 Å². The van der Waals surface area contributed by atoms with Gasteiger partial charge in [-0.3, -0.25) is 4.79 Å².